The van der Waals surface area contributed by atoms with Crippen molar-refractivity contribution >= 4 is 15.7 Å². The molecule has 0 unspecified atom stereocenters. The maximum atomic E-state index is 12.0. The Kier molecular flexibility index (Phi) is 6.87. The van der Waals surface area contributed by atoms with Gasteiger partial charge in [0.15, 0.2) is 0 Å². The lowest BCUT2D eigenvalue weighted by Gasteiger charge is -2.11. The minimum Gasteiger partial charge on any atom is -0.383 e. The normalized spacial score (nSPS) is 11.6. The van der Waals surface area contributed by atoms with Crippen LogP contribution >= 0.6 is 0 Å². The van der Waals surface area contributed by atoms with Gasteiger partial charge in [0.1, 0.15) is 0 Å². The van der Waals surface area contributed by atoms with E-state index < -0.39 is 10.0 Å². The Morgan fingerprint density at radius 1 is 1.29 bits per heavy atom. The van der Waals surface area contributed by atoms with Gasteiger partial charge in [-0.25, -0.2) is 13.1 Å². The van der Waals surface area contributed by atoms with Crippen LogP contribution in [-0.2, 0) is 14.8 Å². The summed E-state index contributed by atoms with van der Waals surface area (Å²) in [5, 5.41) is 3.17. The molecular formula is C15H24N2O3S. The average Bonchev–Trinajstić information content (AvgIpc) is 2.37. The summed E-state index contributed by atoms with van der Waals surface area (Å²) in [5.74, 6) is 0. The molecule has 118 valence electrons. The van der Waals surface area contributed by atoms with Crippen molar-refractivity contribution in [2.75, 3.05) is 25.1 Å². The molecule has 0 aliphatic carbocycles. The fourth-order valence-electron chi connectivity index (χ4n) is 1.64. The Morgan fingerprint density at radius 3 is 2.43 bits per heavy atom. The molecular weight excluding hydrogens is 288 g/mol. The molecule has 1 aromatic rings. The molecule has 0 spiro atoms. The fourth-order valence-corrected chi connectivity index (χ4v) is 2.90. The SMILES string of the molecule is C=C(C)COCCNc1ccc(S(=O)(=O)NC(C)C)cc1. The molecule has 1 rings (SSSR count). The smallest absolute Gasteiger partial charge is 0.240 e. The van der Waals surface area contributed by atoms with Crippen LogP contribution in [0.4, 0.5) is 5.69 Å². The van der Waals surface area contributed by atoms with Crippen molar-refractivity contribution < 1.29 is 13.2 Å². The summed E-state index contributed by atoms with van der Waals surface area (Å²) in [6, 6.07) is 6.53. The molecule has 5 nitrogen and oxygen atoms in total. The summed E-state index contributed by atoms with van der Waals surface area (Å²) >= 11 is 0. The van der Waals surface area contributed by atoms with Gasteiger partial charge in [0.25, 0.3) is 0 Å². The monoisotopic (exact) mass is 312 g/mol. The lowest BCUT2D eigenvalue weighted by Crippen LogP contribution is -2.30. The quantitative estimate of drug-likeness (QED) is 0.543. The third kappa shape index (κ3) is 6.75. The van der Waals surface area contributed by atoms with E-state index in [0.29, 0.717) is 19.8 Å². The van der Waals surface area contributed by atoms with Gasteiger partial charge in [-0.3, -0.25) is 0 Å². The molecule has 21 heavy (non-hydrogen) atoms. The van der Waals surface area contributed by atoms with Gasteiger partial charge in [-0.05, 0) is 45.0 Å². The minimum absolute atomic E-state index is 0.127. The van der Waals surface area contributed by atoms with Crippen LogP contribution in [0.2, 0.25) is 0 Å². The predicted molar refractivity (Wildman–Crippen MR) is 86.0 cm³/mol. The van der Waals surface area contributed by atoms with Gasteiger partial charge in [-0.1, -0.05) is 12.2 Å². The molecule has 0 saturated heterocycles. The van der Waals surface area contributed by atoms with Crippen LogP contribution in [0.5, 0.6) is 0 Å². The zero-order valence-electron chi connectivity index (χ0n) is 12.8. The van der Waals surface area contributed by atoms with Crippen LogP contribution in [0.1, 0.15) is 20.8 Å². The number of hydrogen-bond acceptors (Lipinski definition) is 4. The van der Waals surface area contributed by atoms with Gasteiger partial charge in [-0.15, -0.1) is 0 Å². The second-order valence-corrected chi connectivity index (χ2v) is 6.95. The summed E-state index contributed by atoms with van der Waals surface area (Å²) in [5.41, 5.74) is 1.85. The number of sulfonamides is 1. The van der Waals surface area contributed by atoms with E-state index in [0.717, 1.165) is 11.3 Å². The first-order chi connectivity index (χ1) is 9.81. The van der Waals surface area contributed by atoms with Crippen LogP contribution in [0.15, 0.2) is 41.3 Å². The zero-order chi connectivity index (χ0) is 15.9. The molecule has 0 aromatic heterocycles. The van der Waals surface area contributed by atoms with Crippen molar-refractivity contribution in [1.29, 1.82) is 0 Å². The summed E-state index contributed by atoms with van der Waals surface area (Å²) < 4.78 is 31.8. The van der Waals surface area contributed by atoms with Gasteiger partial charge in [0.2, 0.25) is 10.0 Å². The average molecular weight is 312 g/mol. The lowest BCUT2D eigenvalue weighted by molar-refractivity contribution is 0.167. The molecule has 0 saturated carbocycles. The number of rotatable bonds is 9. The summed E-state index contributed by atoms with van der Waals surface area (Å²) in [6.45, 7) is 11.0. The van der Waals surface area contributed by atoms with Gasteiger partial charge in [0.05, 0.1) is 18.1 Å². The van der Waals surface area contributed by atoms with E-state index >= 15 is 0 Å². The second kappa shape index (κ2) is 8.17. The van der Waals surface area contributed by atoms with E-state index in [1.165, 1.54) is 0 Å². The predicted octanol–water partition coefficient (Wildman–Crippen LogP) is 2.38. The third-order valence-corrected chi connectivity index (χ3v) is 4.15. The highest BCUT2D eigenvalue weighted by atomic mass is 32.2. The molecule has 2 N–H and O–H groups in total. The lowest BCUT2D eigenvalue weighted by atomic mass is 10.3. The largest absolute Gasteiger partial charge is 0.383 e. The van der Waals surface area contributed by atoms with Crippen LogP contribution in [0.3, 0.4) is 0 Å². The molecule has 0 atom stereocenters. The molecule has 0 bridgehead atoms. The van der Waals surface area contributed by atoms with E-state index in [9.17, 15) is 8.42 Å². The van der Waals surface area contributed by atoms with Gasteiger partial charge in [-0.2, -0.15) is 0 Å². The zero-order valence-corrected chi connectivity index (χ0v) is 13.7. The van der Waals surface area contributed by atoms with Crippen LogP contribution in [0, 0.1) is 0 Å². The summed E-state index contributed by atoms with van der Waals surface area (Å²) in [7, 11) is -3.43. The molecule has 0 fully saturated rings. The Bertz CT molecular complexity index is 551. The molecule has 1 aromatic carbocycles. The van der Waals surface area contributed by atoms with Gasteiger partial charge >= 0.3 is 0 Å². The highest BCUT2D eigenvalue weighted by molar-refractivity contribution is 7.89. The van der Waals surface area contributed by atoms with E-state index in [1.807, 2.05) is 6.92 Å². The highest BCUT2D eigenvalue weighted by Crippen LogP contribution is 2.14. The van der Waals surface area contributed by atoms with Crippen molar-refractivity contribution in [3.63, 3.8) is 0 Å². The number of ether oxygens (including phenoxy) is 1. The summed E-state index contributed by atoms with van der Waals surface area (Å²) in [4.78, 5) is 0.264. The van der Waals surface area contributed by atoms with Crippen molar-refractivity contribution in [2.24, 2.45) is 0 Å². The van der Waals surface area contributed by atoms with Crippen LogP contribution < -0.4 is 10.0 Å². The third-order valence-electron chi connectivity index (χ3n) is 2.48. The van der Waals surface area contributed by atoms with Crippen molar-refractivity contribution in [3.05, 3.63) is 36.4 Å². The molecule has 6 heteroatoms. The van der Waals surface area contributed by atoms with Crippen molar-refractivity contribution in [3.8, 4) is 0 Å². The molecule has 0 aliphatic heterocycles. The second-order valence-electron chi connectivity index (χ2n) is 5.24. The first-order valence-electron chi connectivity index (χ1n) is 6.89. The number of nitrogens with one attached hydrogen (secondary N) is 2. The van der Waals surface area contributed by atoms with Crippen molar-refractivity contribution in [2.45, 2.75) is 31.7 Å². The topological polar surface area (TPSA) is 67.4 Å². The highest BCUT2D eigenvalue weighted by Gasteiger charge is 2.14. The molecule has 0 radical (unpaired) electrons. The molecule has 0 amide bonds. The molecule has 0 aliphatic rings. The Balaban J connectivity index is 2.49. The standard InChI is InChI=1S/C15H24N2O3S/c1-12(2)11-20-10-9-16-14-5-7-15(8-6-14)21(18,19)17-13(3)4/h5-8,13,16-17H,1,9-11H2,2-4H3. The van der Waals surface area contributed by atoms with Crippen LogP contribution in [-0.4, -0.2) is 34.2 Å². The first kappa shape index (κ1) is 17.7. The number of anilines is 1. The molecule has 0 heterocycles. The van der Waals surface area contributed by atoms with Crippen molar-refractivity contribution in [1.82, 2.24) is 4.72 Å². The van der Waals surface area contributed by atoms with Gasteiger partial charge < -0.3 is 10.1 Å². The maximum absolute atomic E-state index is 12.0. The van der Waals surface area contributed by atoms with E-state index in [-0.39, 0.29) is 10.9 Å². The maximum Gasteiger partial charge on any atom is 0.240 e. The number of benzene rings is 1. The first-order valence-corrected chi connectivity index (χ1v) is 8.38. The Labute approximate surface area is 127 Å². The van der Waals surface area contributed by atoms with E-state index in [1.54, 1.807) is 38.1 Å². The number of hydrogen-bond donors (Lipinski definition) is 2. The van der Waals surface area contributed by atoms with E-state index in [4.69, 9.17) is 4.74 Å². The Morgan fingerprint density at radius 2 is 1.90 bits per heavy atom. The minimum atomic E-state index is -3.43. The fraction of sp³-hybridized carbons (Fsp3) is 0.467. The van der Waals surface area contributed by atoms with E-state index in [2.05, 4.69) is 16.6 Å². The Hall–Kier alpha value is -1.37. The summed E-state index contributed by atoms with van der Waals surface area (Å²) in [6.07, 6.45) is 0. The van der Waals surface area contributed by atoms with Crippen LogP contribution in [0.25, 0.3) is 0 Å². The van der Waals surface area contributed by atoms with Gasteiger partial charge in [0, 0.05) is 18.3 Å².